The second-order valence-corrected chi connectivity index (χ2v) is 5.63. The first kappa shape index (κ1) is 15.8. The fraction of sp³-hybridized carbons (Fsp3) is 0.0870. The topological polar surface area (TPSA) is 12.4 Å². The zero-order chi connectivity index (χ0) is 16.6. The lowest BCUT2D eigenvalue weighted by atomic mass is 10.1. The molecule has 0 aliphatic rings. The van der Waals surface area contributed by atoms with Crippen LogP contribution in [0.1, 0.15) is 22.3 Å². The van der Waals surface area contributed by atoms with Gasteiger partial charge >= 0.3 is 0 Å². The first-order valence-corrected chi connectivity index (χ1v) is 8.04. The Balaban J connectivity index is 1.89. The quantitative estimate of drug-likeness (QED) is 0.475. The molecule has 0 aromatic heterocycles. The fourth-order valence-corrected chi connectivity index (χ4v) is 2.32. The van der Waals surface area contributed by atoms with E-state index in [-0.39, 0.29) is 0 Å². The third-order valence-electron chi connectivity index (χ3n) is 3.69. The summed E-state index contributed by atoms with van der Waals surface area (Å²) in [6, 6.07) is 28.6. The van der Waals surface area contributed by atoms with Gasteiger partial charge in [0, 0.05) is 11.1 Å². The second-order valence-electron chi connectivity index (χ2n) is 5.63. The minimum absolute atomic E-state index is 0.633. The van der Waals surface area contributed by atoms with Gasteiger partial charge in [0.25, 0.3) is 0 Å². The van der Waals surface area contributed by atoms with Crippen LogP contribution in [0.4, 0.5) is 0 Å². The summed E-state index contributed by atoms with van der Waals surface area (Å²) in [5, 5.41) is 0. The normalized spacial score (nSPS) is 10.8. The summed E-state index contributed by atoms with van der Waals surface area (Å²) in [6.07, 6.45) is 0. The number of aryl methyl sites for hydroxylation is 1. The van der Waals surface area contributed by atoms with E-state index in [4.69, 9.17) is 4.99 Å². The lowest BCUT2D eigenvalue weighted by Gasteiger charge is -2.02. The van der Waals surface area contributed by atoms with Crippen molar-refractivity contribution in [2.75, 3.05) is 0 Å². The van der Waals surface area contributed by atoms with Gasteiger partial charge in [-0.2, -0.15) is 0 Å². The van der Waals surface area contributed by atoms with Crippen molar-refractivity contribution < 1.29 is 0 Å². The molecule has 0 aliphatic carbocycles. The SMILES string of the molecule is Cc1ccc(CN=C(C#Cc2ccccc2)c2ccccc2)cc1. The van der Waals surface area contributed by atoms with Crippen LogP contribution in [0, 0.1) is 18.8 Å². The maximum absolute atomic E-state index is 4.75. The first-order valence-electron chi connectivity index (χ1n) is 8.04. The fourth-order valence-electron chi connectivity index (χ4n) is 2.32. The minimum Gasteiger partial charge on any atom is -0.271 e. The van der Waals surface area contributed by atoms with E-state index in [0.717, 1.165) is 16.8 Å². The highest BCUT2D eigenvalue weighted by Gasteiger charge is 2.00. The van der Waals surface area contributed by atoms with E-state index in [1.807, 2.05) is 60.7 Å². The molecular weight excluding hydrogens is 290 g/mol. The van der Waals surface area contributed by atoms with Gasteiger partial charge in [-0.1, -0.05) is 84.3 Å². The molecule has 3 aromatic carbocycles. The smallest absolute Gasteiger partial charge is 0.115 e. The molecule has 0 fully saturated rings. The highest BCUT2D eigenvalue weighted by molar-refractivity contribution is 6.13. The van der Waals surface area contributed by atoms with Crippen LogP contribution in [0.15, 0.2) is 89.9 Å². The van der Waals surface area contributed by atoms with Crippen molar-refractivity contribution in [3.8, 4) is 11.8 Å². The molecule has 3 rings (SSSR count). The molecule has 0 aliphatic heterocycles. The average Bonchev–Trinajstić information content (AvgIpc) is 2.65. The molecule has 0 bridgehead atoms. The van der Waals surface area contributed by atoms with E-state index in [0.29, 0.717) is 6.54 Å². The summed E-state index contributed by atoms with van der Waals surface area (Å²) in [6.45, 7) is 2.72. The number of rotatable bonds is 3. The molecular formula is C23H19N. The Morgan fingerprint density at radius 2 is 1.42 bits per heavy atom. The second kappa shape index (κ2) is 7.94. The largest absolute Gasteiger partial charge is 0.271 e. The predicted molar refractivity (Wildman–Crippen MR) is 101 cm³/mol. The van der Waals surface area contributed by atoms with Crippen molar-refractivity contribution in [2.45, 2.75) is 13.5 Å². The number of hydrogen-bond acceptors (Lipinski definition) is 1. The Morgan fingerprint density at radius 1 is 0.792 bits per heavy atom. The van der Waals surface area contributed by atoms with Gasteiger partial charge in [-0.25, -0.2) is 0 Å². The Hall–Kier alpha value is -3.11. The van der Waals surface area contributed by atoms with E-state index in [1.165, 1.54) is 11.1 Å². The Kier molecular flexibility index (Phi) is 5.22. The van der Waals surface area contributed by atoms with Crippen molar-refractivity contribution in [1.82, 2.24) is 0 Å². The predicted octanol–water partition coefficient (Wildman–Crippen LogP) is 5.04. The van der Waals surface area contributed by atoms with Gasteiger partial charge in [0.15, 0.2) is 0 Å². The zero-order valence-corrected chi connectivity index (χ0v) is 13.7. The summed E-state index contributed by atoms with van der Waals surface area (Å²) in [5.41, 5.74) is 5.31. The van der Waals surface area contributed by atoms with Gasteiger partial charge in [0.2, 0.25) is 0 Å². The summed E-state index contributed by atoms with van der Waals surface area (Å²) in [7, 11) is 0. The average molecular weight is 309 g/mol. The van der Waals surface area contributed by atoms with E-state index in [9.17, 15) is 0 Å². The lowest BCUT2D eigenvalue weighted by Crippen LogP contribution is -1.98. The Labute approximate surface area is 143 Å². The summed E-state index contributed by atoms with van der Waals surface area (Å²) < 4.78 is 0. The molecule has 0 radical (unpaired) electrons. The Bertz CT molecular complexity index is 864. The highest BCUT2D eigenvalue weighted by atomic mass is 14.7. The number of nitrogens with zero attached hydrogens (tertiary/aromatic N) is 1. The van der Waals surface area contributed by atoms with Crippen molar-refractivity contribution in [3.63, 3.8) is 0 Å². The summed E-state index contributed by atoms with van der Waals surface area (Å²) in [4.78, 5) is 4.75. The first-order chi connectivity index (χ1) is 11.8. The molecule has 116 valence electrons. The third kappa shape index (κ3) is 4.44. The molecule has 0 atom stereocenters. The van der Waals surface area contributed by atoms with Crippen LogP contribution >= 0.6 is 0 Å². The van der Waals surface area contributed by atoms with Crippen LogP contribution in [0.3, 0.4) is 0 Å². The van der Waals surface area contributed by atoms with Crippen LogP contribution in [0.5, 0.6) is 0 Å². The van der Waals surface area contributed by atoms with Gasteiger partial charge in [-0.3, -0.25) is 4.99 Å². The van der Waals surface area contributed by atoms with Crippen LogP contribution in [-0.4, -0.2) is 5.71 Å². The van der Waals surface area contributed by atoms with Crippen molar-refractivity contribution in [1.29, 1.82) is 0 Å². The Morgan fingerprint density at radius 3 is 2.08 bits per heavy atom. The maximum atomic E-state index is 4.75. The van der Waals surface area contributed by atoms with Crippen LogP contribution in [-0.2, 0) is 6.54 Å². The number of benzene rings is 3. The summed E-state index contributed by atoms with van der Waals surface area (Å²) >= 11 is 0. The molecule has 0 amide bonds. The van der Waals surface area contributed by atoms with Crippen LogP contribution in [0.25, 0.3) is 0 Å². The van der Waals surface area contributed by atoms with E-state index in [1.54, 1.807) is 0 Å². The maximum Gasteiger partial charge on any atom is 0.115 e. The van der Waals surface area contributed by atoms with E-state index in [2.05, 4.69) is 43.0 Å². The minimum atomic E-state index is 0.633. The van der Waals surface area contributed by atoms with Crippen molar-refractivity contribution in [3.05, 3.63) is 107 Å². The van der Waals surface area contributed by atoms with Crippen molar-refractivity contribution >= 4 is 5.71 Å². The van der Waals surface area contributed by atoms with E-state index < -0.39 is 0 Å². The molecule has 0 N–H and O–H groups in total. The third-order valence-corrected chi connectivity index (χ3v) is 3.69. The molecule has 0 unspecified atom stereocenters. The van der Waals surface area contributed by atoms with Crippen LogP contribution in [0.2, 0.25) is 0 Å². The molecule has 1 nitrogen and oxygen atoms in total. The van der Waals surface area contributed by atoms with Crippen molar-refractivity contribution in [2.24, 2.45) is 4.99 Å². The van der Waals surface area contributed by atoms with Gasteiger partial charge in [0.1, 0.15) is 5.71 Å². The van der Waals surface area contributed by atoms with Gasteiger partial charge in [0.05, 0.1) is 6.54 Å². The molecule has 0 spiro atoms. The highest BCUT2D eigenvalue weighted by Crippen LogP contribution is 2.07. The van der Waals surface area contributed by atoms with Gasteiger partial charge in [-0.05, 0) is 30.5 Å². The number of hydrogen-bond donors (Lipinski definition) is 0. The monoisotopic (exact) mass is 309 g/mol. The molecule has 1 heteroatoms. The molecule has 0 heterocycles. The lowest BCUT2D eigenvalue weighted by molar-refractivity contribution is 1.07. The van der Waals surface area contributed by atoms with E-state index >= 15 is 0 Å². The summed E-state index contributed by atoms with van der Waals surface area (Å²) in [5.74, 6) is 6.44. The number of aliphatic imine (C=N–C) groups is 1. The van der Waals surface area contributed by atoms with Gasteiger partial charge < -0.3 is 0 Å². The molecule has 0 saturated heterocycles. The molecule has 3 aromatic rings. The molecule has 24 heavy (non-hydrogen) atoms. The molecule has 0 saturated carbocycles. The van der Waals surface area contributed by atoms with Gasteiger partial charge in [-0.15, -0.1) is 0 Å². The van der Waals surface area contributed by atoms with Crippen LogP contribution < -0.4 is 0 Å². The standard InChI is InChI=1S/C23H19N/c1-19-12-14-21(15-13-19)18-24-23(22-10-6-3-7-11-22)17-16-20-8-4-2-5-9-20/h2-15H,18H2,1H3. The zero-order valence-electron chi connectivity index (χ0n) is 13.7.